The number of hydrogen-bond donors (Lipinski definition) is 1. The summed E-state index contributed by atoms with van der Waals surface area (Å²) in [6.07, 6.45) is 0.234. The van der Waals surface area contributed by atoms with E-state index in [1.165, 1.54) is 17.0 Å². The maximum Gasteiger partial charge on any atom is 0.264 e. The fourth-order valence-corrected chi connectivity index (χ4v) is 6.62. The first-order valence-electron chi connectivity index (χ1n) is 13.8. The molecule has 0 unspecified atom stereocenters. The third kappa shape index (κ3) is 8.16. The maximum absolute atomic E-state index is 14.4. The minimum absolute atomic E-state index is 0.0333. The summed E-state index contributed by atoms with van der Waals surface area (Å²) in [5.41, 5.74) is 2.48. The molecule has 4 aromatic rings. The van der Waals surface area contributed by atoms with Crippen molar-refractivity contribution < 1.29 is 18.0 Å². The molecular weight excluding hydrogens is 605 g/mol. The van der Waals surface area contributed by atoms with Crippen molar-refractivity contribution >= 4 is 50.7 Å². The molecule has 4 rings (SSSR count). The molecule has 0 aliphatic carbocycles. The monoisotopic (exact) mass is 637 g/mol. The second-order valence-corrected chi connectivity index (χ2v) is 12.7. The van der Waals surface area contributed by atoms with E-state index in [4.69, 9.17) is 23.2 Å². The highest BCUT2D eigenvalue weighted by atomic mass is 35.5. The van der Waals surface area contributed by atoms with Crippen LogP contribution in [0.25, 0.3) is 0 Å². The zero-order valence-corrected chi connectivity index (χ0v) is 26.2. The van der Waals surface area contributed by atoms with Crippen molar-refractivity contribution in [3.05, 3.63) is 130 Å². The van der Waals surface area contributed by atoms with Crippen LogP contribution in [-0.2, 0) is 32.6 Å². The Bertz CT molecular complexity index is 1650. The molecule has 224 valence electrons. The summed E-state index contributed by atoms with van der Waals surface area (Å²) < 4.78 is 29.2. The maximum atomic E-state index is 14.4. The van der Waals surface area contributed by atoms with Crippen molar-refractivity contribution in [2.75, 3.05) is 17.4 Å². The zero-order valence-electron chi connectivity index (χ0n) is 23.9. The summed E-state index contributed by atoms with van der Waals surface area (Å²) in [4.78, 5) is 29.4. The van der Waals surface area contributed by atoms with Gasteiger partial charge in [0, 0.05) is 29.6 Å². The van der Waals surface area contributed by atoms with Crippen LogP contribution >= 0.6 is 23.2 Å². The fourth-order valence-electron chi connectivity index (χ4n) is 4.76. The van der Waals surface area contributed by atoms with Gasteiger partial charge in [-0.15, -0.1) is 0 Å². The Morgan fingerprint density at radius 3 is 2.02 bits per heavy atom. The molecule has 1 atom stereocenters. The average molecular weight is 639 g/mol. The predicted octanol–water partition coefficient (Wildman–Crippen LogP) is 6.27. The van der Waals surface area contributed by atoms with Crippen molar-refractivity contribution in [3.8, 4) is 0 Å². The molecule has 43 heavy (non-hydrogen) atoms. The first-order chi connectivity index (χ1) is 20.6. The number of amides is 2. The second-order valence-electron chi connectivity index (χ2n) is 10.0. The molecule has 10 heteroatoms. The molecule has 0 heterocycles. The van der Waals surface area contributed by atoms with Crippen molar-refractivity contribution in [1.82, 2.24) is 10.2 Å². The number of carbonyl (C=O) groups is 2. The molecule has 0 radical (unpaired) electrons. The van der Waals surface area contributed by atoms with E-state index in [1.807, 2.05) is 30.3 Å². The van der Waals surface area contributed by atoms with Crippen molar-refractivity contribution in [1.29, 1.82) is 0 Å². The lowest BCUT2D eigenvalue weighted by Crippen LogP contribution is -2.53. The largest absolute Gasteiger partial charge is 0.355 e. The second kappa shape index (κ2) is 14.6. The lowest BCUT2D eigenvalue weighted by atomic mass is 10.0. The molecule has 0 spiro atoms. The SMILES string of the molecule is CCNC(=O)[C@H](Cc1ccccc1)N(Cc1ccc(Cl)cc1)C(=O)CN(c1ccc(Cl)cc1C)S(=O)(=O)c1ccccc1. The van der Waals surface area contributed by atoms with Gasteiger partial charge in [-0.05, 0) is 73.0 Å². The number of nitrogens with zero attached hydrogens (tertiary/aromatic N) is 2. The van der Waals surface area contributed by atoms with Gasteiger partial charge < -0.3 is 10.2 Å². The number of sulfonamides is 1. The zero-order chi connectivity index (χ0) is 31.0. The summed E-state index contributed by atoms with van der Waals surface area (Å²) in [5.74, 6) is -0.884. The Morgan fingerprint density at radius 2 is 1.42 bits per heavy atom. The lowest BCUT2D eigenvalue weighted by molar-refractivity contribution is -0.140. The molecule has 0 fully saturated rings. The summed E-state index contributed by atoms with van der Waals surface area (Å²) in [5, 5.41) is 3.82. The Morgan fingerprint density at radius 1 is 0.814 bits per heavy atom. The van der Waals surface area contributed by atoms with Gasteiger partial charge in [-0.1, -0.05) is 83.9 Å². The van der Waals surface area contributed by atoms with Gasteiger partial charge in [0.2, 0.25) is 11.8 Å². The number of carbonyl (C=O) groups excluding carboxylic acids is 2. The Hall–Kier alpha value is -3.85. The first kappa shape index (κ1) is 32.1. The topological polar surface area (TPSA) is 86.8 Å². The number of anilines is 1. The molecule has 0 saturated heterocycles. The fraction of sp³-hybridized carbons (Fsp3) is 0.212. The molecule has 0 aliphatic heterocycles. The van der Waals surface area contributed by atoms with E-state index in [0.717, 1.165) is 15.4 Å². The van der Waals surface area contributed by atoms with E-state index in [2.05, 4.69) is 5.32 Å². The van der Waals surface area contributed by atoms with Gasteiger partial charge in [0.15, 0.2) is 0 Å². The van der Waals surface area contributed by atoms with Gasteiger partial charge in [0.1, 0.15) is 12.6 Å². The minimum Gasteiger partial charge on any atom is -0.355 e. The van der Waals surface area contributed by atoms with Gasteiger partial charge in [-0.2, -0.15) is 0 Å². The van der Waals surface area contributed by atoms with Gasteiger partial charge in [0.05, 0.1) is 10.6 Å². The van der Waals surface area contributed by atoms with E-state index in [1.54, 1.807) is 74.5 Å². The van der Waals surface area contributed by atoms with Crippen LogP contribution in [0.5, 0.6) is 0 Å². The van der Waals surface area contributed by atoms with Crippen molar-refractivity contribution in [2.45, 2.75) is 37.8 Å². The number of rotatable bonds is 12. The predicted molar refractivity (Wildman–Crippen MR) is 172 cm³/mol. The van der Waals surface area contributed by atoms with E-state index >= 15 is 0 Å². The number of likely N-dealkylation sites (N-methyl/N-ethyl adjacent to an activating group) is 1. The highest BCUT2D eigenvalue weighted by Crippen LogP contribution is 2.29. The Kier molecular flexibility index (Phi) is 10.9. The average Bonchev–Trinajstić information content (AvgIpc) is 3.00. The summed E-state index contributed by atoms with van der Waals surface area (Å²) in [6, 6.07) is 28.2. The molecule has 7 nitrogen and oxygen atoms in total. The smallest absolute Gasteiger partial charge is 0.264 e. The Labute approximate surface area is 263 Å². The molecule has 0 bridgehead atoms. The quantitative estimate of drug-likeness (QED) is 0.198. The van der Waals surface area contributed by atoms with Crippen LogP contribution in [0.1, 0.15) is 23.6 Å². The third-order valence-electron chi connectivity index (χ3n) is 6.93. The molecule has 1 N–H and O–H groups in total. The van der Waals surface area contributed by atoms with Gasteiger partial charge in [-0.3, -0.25) is 13.9 Å². The Balaban J connectivity index is 1.81. The van der Waals surface area contributed by atoms with Crippen LogP contribution in [0.3, 0.4) is 0 Å². The summed E-state index contributed by atoms with van der Waals surface area (Å²) >= 11 is 12.3. The van der Waals surface area contributed by atoms with Gasteiger partial charge in [-0.25, -0.2) is 8.42 Å². The van der Waals surface area contributed by atoms with E-state index in [-0.39, 0.29) is 23.8 Å². The highest BCUT2D eigenvalue weighted by molar-refractivity contribution is 7.92. The highest BCUT2D eigenvalue weighted by Gasteiger charge is 2.35. The number of nitrogens with one attached hydrogen (secondary N) is 1. The van der Waals surface area contributed by atoms with E-state index in [0.29, 0.717) is 27.8 Å². The molecule has 2 amide bonds. The molecular formula is C33H33Cl2N3O4S. The molecule has 0 saturated carbocycles. The van der Waals surface area contributed by atoms with Crippen LogP contribution in [0.4, 0.5) is 5.69 Å². The molecule has 0 aliphatic rings. The van der Waals surface area contributed by atoms with Crippen molar-refractivity contribution in [2.24, 2.45) is 0 Å². The van der Waals surface area contributed by atoms with Gasteiger partial charge in [0.25, 0.3) is 10.0 Å². The van der Waals surface area contributed by atoms with E-state index in [9.17, 15) is 18.0 Å². The summed E-state index contributed by atoms with van der Waals surface area (Å²) in [7, 11) is -4.19. The standard InChI is InChI=1S/C33H33Cl2N3O4S/c1-3-36-33(40)31(21-25-10-6-4-7-11-25)37(22-26-14-16-27(34)17-15-26)32(39)23-38(30-19-18-28(35)20-24(30)2)43(41,42)29-12-8-5-9-13-29/h4-20,31H,3,21-23H2,1-2H3,(H,36,40)/t31-/m0/s1. The minimum atomic E-state index is -4.19. The van der Waals surface area contributed by atoms with Crippen LogP contribution in [0.15, 0.2) is 108 Å². The number of halogens is 2. The molecule has 0 aromatic heterocycles. The normalized spacial score (nSPS) is 11.9. The van der Waals surface area contributed by atoms with Crippen LogP contribution in [0, 0.1) is 6.92 Å². The number of benzene rings is 4. The lowest BCUT2D eigenvalue weighted by Gasteiger charge is -2.34. The van der Waals surface area contributed by atoms with Crippen LogP contribution < -0.4 is 9.62 Å². The number of aryl methyl sites for hydroxylation is 1. The summed E-state index contributed by atoms with van der Waals surface area (Å²) in [6.45, 7) is 3.42. The van der Waals surface area contributed by atoms with Crippen molar-refractivity contribution in [3.63, 3.8) is 0 Å². The first-order valence-corrected chi connectivity index (χ1v) is 16.0. The number of hydrogen-bond acceptors (Lipinski definition) is 4. The van der Waals surface area contributed by atoms with Crippen LogP contribution in [-0.4, -0.2) is 44.3 Å². The molecule has 4 aromatic carbocycles. The third-order valence-corrected chi connectivity index (χ3v) is 9.19. The van der Waals surface area contributed by atoms with E-state index < -0.39 is 28.5 Å². The van der Waals surface area contributed by atoms with Gasteiger partial charge >= 0.3 is 0 Å². The van der Waals surface area contributed by atoms with Crippen LogP contribution in [0.2, 0.25) is 10.0 Å².